The third kappa shape index (κ3) is 4.09. The molecule has 0 aliphatic carbocycles. The van der Waals surface area contributed by atoms with Crippen LogP contribution < -0.4 is 10.1 Å². The molecule has 4 rings (SSSR count). The Bertz CT molecular complexity index is 1300. The largest absolute Gasteiger partial charge is 0.508 e. The zero-order valence-electron chi connectivity index (χ0n) is 17.2. The molecule has 1 atom stereocenters. The Labute approximate surface area is 184 Å². The van der Waals surface area contributed by atoms with Crippen LogP contribution >= 0.6 is 0 Å². The fourth-order valence-corrected chi connectivity index (χ4v) is 3.68. The Morgan fingerprint density at radius 2 is 1.75 bits per heavy atom. The lowest BCUT2D eigenvalue weighted by Crippen LogP contribution is -2.29. The van der Waals surface area contributed by atoms with Gasteiger partial charge in [0.2, 0.25) is 0 Å². The molecule has 0 aromatic heterocycles. The van der Waals surface area contributed by atoms with Crippen molar-refractivity contribution in [2.24, 2.45) is 0 Å². The molecule has 7 heteroatoms. The van der Waals surface area contributed by atoms with Gasteiger partial charge in [-0.05, 0) is 52.7 Å². The van der Waals surface area contributed by atoms with E-state index in [0.29, 0.717) is 22.4 Å². The minimum absolute atomic E-state index is 0.0120. The number of hydrogen-bond donors (Lipinski definition) is 2. The summed E-state index contributed by atoms with van der Waals surface area (Å²) in [5.74, 6) is 0.176. The number of phenolic OH excluding ortho intramolecular Hbond substituents is 1. The number of amides is 1. The van der Waals surface area contributed by atoms with Gasteiger partial charge < -0.3 is 15.2 Å². The van der Waals surface area contributed by atoms with Gasteiger partial charge in [-0.2, -0.15) is 0 Å². The number of rotatable bonds is 6. The van der Waals surface area contributed by atoms with Gasteiger partial charge in [0.05, 0.1) is 18.1 Å². The van der Waals surface area contributed by atoms with Gasteiger partial charge in [0, 0.05) is 23.3 Å². The van der Waals surface area contributed by atoms with E-state index in [1.54, 1.807) is 48.5 Å². The first-order valence-electron chi connectivity index (χ1n) is 9.88. The molecule has 4 aromatic rings. The number of phenols is 1. The van der Waals surface area contributed by atoms with Crippen molar-refractivity contribution in [3.8, 4) is 11.5 Å². The molecule has 0 heterocycles. The summed E-state index contributed by atoms with van der Waals surface area (Å²) in [7, 11) is 1.52. The van der Waals surface area contributed by atoms with Crippen molar-refractivity contribution in [2.45, 2.75) is 6.04 Å². The summed E-state index contributed by atoms with van der Waals surface area (Å²) < 4.78 is 5.21. The third-order valence-corrected chi connectivity index (χ3v) is 5.28. The van der Waals surface area contributed by atoms with Crippen molar-refractivity contribution in [3.63, 3.8) is 0 Å². The smallest absolute Gasteiger partial charge is 0.269 e. The quantitative estimate of drug-likeness (QED) is 0.333. The molecule has 7 nitrogen and oxygen atoms in total. The molecule has 0 radical (unpaired) electrons. The molecule has 0 fully saturated rings. The summed E-state index contributed by atoms with van der Waals surface area (Å²) in [6.45, 7) is 0. The number of ether oxygens (including phenoxy) is 1. The van der Waals surface area contributed by atoms with Gasteiger partial charge in [0.15, 0.2) is 0 Å². The minimum atomic E-state index is -0.749. The summed E-state index contributed by atoms with van der Waals surface area (Å²) in [6, 6.07) is 22.8. The highest BCUT2D eigenvalue weighted by Gasteiger charge is 2.24. The maximum Gasteiger partial charge on any atom is 0.269 e. The molecule has 1 unspecified atom stereocenters. The van der Waals surface area contributed by atoms with Gasteiger partial charge in [0.25, 0.3) is 11.6 Å². The second kappa shape index (κ2) is 8.77. The van der Waals surface area contributed by atoms with E-state index in [-0.39, 0.29) is 17.3 Å². The minimum Gasteiger partial charge on any atom is -0.508 e. The van der Waals surface area contributed by atoms with Crippen LogP contribution in [-0.2, 0) is 0 Å². The molecule has 0 bridgehead atoms. The van der Waals surface area contributed by atoms with Crippen LogP contribution in [0.25, 0.3) is 10.8 Å². The van der Waals surface area contributed by atoms with E-state index in [4.69, 9.17) is 4.74 Å². The first-order chi connectivity index (χ1) is 15.5. The Kier molecular flexibility index (Phi) is 5.72. The van der Waals surface area contributed by atoms with Crippen LogP contribution in [0.2, 0.25) is 0 Å². The molecule has 160 valence electrons. The molecular weight excluding hydrogens is 408 g/mol. The number of carbonyl (C=O) groups excluding carboxylic acids is 1. The number of nitrogens with one attached hydrogen (secondary N) is 1. The normalized spacial score (nSPS) is 11.7. The van der Waals surface area contributed by atoms with E-state index in [2.05, 4.69) is 5.32 Å². The SMILES string of the molecule is COc1cccc(C(=O)NC(c2ccc([N+](=O)[O-])cc2)c2c(O)ccc3ccccc23)c1. The number of nitro groups is 1. The number of nitro benzene ring substituents is 1. The fourth-order valence-electron chi connectivity index (χ4n) is 3.68. The summed E-state index contributed by atoms with van der Waals surface area (Å²) in [6.07, 6.45) is 0. The third-order valence-electron chi connectivity index (χ3n) is 5.28. The maximum absolute atomic E-state index is 13.1. The number of non-ortho nitro benzene ring substituents is 1. The molecule has 0 aliphatic rings. The van der Waals surface area contributed by atoms with E-state index in [1.807, 2.05) is 24.3 Å². The molecule has 0 saturated heterocycles. The first-order valence-corrected chi connectivity index (χ1v) is 9.88. The van der Waals surface area contributed by atoms with Crippen LogP contribution in [0.4, 0.5) is 5.69 Å². The Balaban J connectivity index is 1.83. The van der Waals surface area contributed by atoms with E-state index >= 15 is 0 Å². The van der Waals surface area contributed by atoms with E-state index in [0.717, 1.165) is 10.8 Å². The number of nitrogens with zero attached hydrogens (tertiary/aromatic N) is 1. The standard InChI is InChI=1S/C25H20N2O5/c1-32-20-7-4-6-18(15-20)25(29)26-24(17-9-12-19(13-10-17)27(30)31)23-21-8-3-2-5-16(21)11-14-22(23)28/h2-15,24,28H,1H3,(H,26,29). The second-order valence-corrected chi connectivity index (χ2v) is 7.21. The molecule has 32 heavy (non-hydrogen) atoms. The highest BCUT2D eigenvalue weighted by atomic mass is 16.6. The second-order valence-electron chi connectivity index (χ2n) is 7.21. The van der Waals surface area contributed by atoms with Crippen molar-refractivity contribution >= 4 is 22.4 Å². The van der Waals surface area contributed by atoms with Crippen LogP contribution in [0.15, 0.2) is 84.9 Å². The van der Waals surface area contributed by atoms with Crippen molar-refractivity contribution in [3.05, 3.63) is 112 Å². The number of fused-ring (bicyclic) bond motifs is 1. The highest BCUT2D eigenvalue weighted by Crippen LogP contribution is 2.36. The van der Waals surface area contributed by atoms with Gasteiger partial charge in [-0.15, -0.1) is 0 Å². The highest BCUT2D eigenvalue weighted by molar-refractivity contribution is 5.96. The van der Waals surface area contributed by atoms with Gasteiger partial charge in [0.1, 0.15) is 11.5 Å². The lowest BCUT2D eigenvalue weighted by molar-refractivity contribution is -0.384. The van der Waals surface area contributed by atoms with Crippen molar-refractivity contribution in [1.82, 2.24) is 5.32 Å². The van der Waals surface area contributed by atoms with Crippen molar-refractivity contribution in [1.29, 1.82) is 0 Å². The average Bonchev–Trinajstić information content (AvgIpc) is 2.83. The lowest BCUT2D eigenvalue weighted by atomic mass is 9.92. The lowest BCUT2D eigenvalue weighted by Gasteiger charge is -2.23. The molecule has 2 N–H and O–H groups in total. The number of carbonyl (C=O) groups is 1. The summed E-state index contributed by atoms with van der Waals surface area (Å²) in [4.78, 5) is 23.7. The zero-order chi connectivity index (χ0) is 22.7. The number of hydrogen-bond acceptors (Lipinski definition) is 5. The Hall–Kier alpha value is -4.39. The van der Waals surface area contributed by atoms with Crippen LogP contribution in [-0.4, -0.2) is 23.0 Å². The van der Waals surface area contributed by atoms with E-state index in [1.165, 1.54) is 19.2 Å². The maximum atomic E-state index is 13.1. The van der Waals surface area contributed by atoms with Crippen LogP contribution in [0.3, 0.4) is 0 Å². The van der Waals surface area contributed by atoms with Crippen molar-refractivity contribution in [2.75, 3.05) is 7.11 Å². The summed E-state index contributed by atoms with van der Waals surface area (Å²) in [5.41, 5.74) is 1.43. The van der Waals surface area contributed by atoms with Crippen LogP contribution in [0, 0.1) is 10.1 Å². The first kappa shape index (κ1) is 20.9. The Morgan fingerprint density at radius 1 is 1.00 bits per heavy atom. The van der Waals surface area contributed by atoms with E-state index < -0.39 is 11.0 Å². The molecule has 1 amide bonds. The summed E-state index contributed by atoms with van der Waals surface area (Å²) >= 11 is 0. The molecule has 0 saturated carbocycles. The van der Waals surface area contributed by atoms with E-state index in [9.17, 15) is 20.0 Å². The Morgan fingerprint density at radius 3 is 2.47 bits per heavy atom. The topological polar surface area (TPSA) is 102 Å². The zero-order valence-corrected chi connectivity index (χ0v) is 17.2. The van der Waals surface area contributed by atoms with Crippen LogP contribution in [0.1, 0.15) is 27.5 Å². The predicted molar refractivity (Wildman–Crippen MR) is 121 cm³/mol. The van der Waals surface area contributed by atoms with Gasteiger partial charge >= 0.3 is 0 Å². The molecule has 0 spiro atoms. The number of aromatic hydroxyl groups is 1. The van der Waals surface area contributed by atoms with Crippen molar-refractivity contribution < 1.29 is 19.6 Å². The monoisotopic (exact) mass is 428 g/mol. The van der Waals surface area contributed by atoms with Gasteiger partial charge in [-0.25, -0.2) is 0 Å². The molecule has 4 aromatic carbocycles. The predicted octanol–water partition coefficient (Wildman–Crippen LogP) is 4.98. The number of benzene rings is 4. The van der Waals surface area contributed by atoms with Gasteiger partial charge in [-0.1, -0.05) is 36.4 Å². The molecular formula is C25H20N2O5. The average molecular weight is 428 g/mol. The number of methoxy groups -OCH3 is 1. The van der Waals surface area contributed by atoms with Crippen LogP contribution in [0.5, 0.6) is 11.5 Å². The fraction of sp³-hybridized carbons (Fsp3) is 0.0800. The van der Waals surface area contributed by atoms with Gasteiger partial charge in [-0.3, -0.25) is 14.9 Å². The molecule has 0 aliphatic heterocycles. The summed E-state index contributed by atoms with van der Waals surface area (Å²) in [5, 5.41) is 26.5.